The lowest BCUT2D eigenvalue weighted by Crippen LogP contribution is -2.14. The predicted molar refractivity (Wildman–Crippen MR) is 81.3 cm³/mol. The van der Waals surface area contributed by atoms with Crippen LogP contribution in [0.3, 0.4) is 0 Å². The van der Waals surface area contributed by atoms with Crippen LogP contribution in [0.2, 0.25) is 0 Å². The van der Waals surface area contributed by atoms with E-state index in [1.54, 1.807) is 25.4 Å². The molecule has 1 aromatic heterocycles. The molecule has 0 bridgehead atoms. The number of aryl methyl sites for hydroxylation is 1. The van der Waals surface area contributed by atoms with E-state index < -0.39 is 0 Å². The summed E-state index contributed by atoms with van der Waals surface area (Å²) in [7, 11) is 1.55. The molecule has 1 heterocycles. The summed E-state index contributed by atoms with van der Waals surface area (Å²) in [6.45, 7) is 2.04. The highest BCUT2D eigenvalue weighted by Crippen LogP contribution is 2.18. The average Bonchev–Trinajstić information content (AvgIpc) is 2.47. The topological polar surface area (TPSA) is 51.2 Å². The Labute approximate surface area is 122 Å². The molecule has 0 saturated carbocycles. The van der Waals surface area contributed by atoms with Crippen molar-refractivity contribution in [2.45, 2.75) is 11.8 Å². The molecular weight excluding hydrogens is 272 g/mol. The second kappa shape index (κ2) is 6.96. The van der Waals surface area contributed by atoms with Gasteiger partial charge in [0.25, 0.3) is 0 Å². The summed E-state index contributed by atoms with van der Waals surface area (Å²) in [6.07, 6.45) is 1.58. The number of carbonyl (C=O) groups is 1. The number of hydrogen-bond donors (Lipinski definition) is 1. The summed E-state index contributed by atoms with van der Waals surface area (Å²) < 4.78 is 4.96. The lowest BCUT2D eigenvalue weighted by molar-refractivity contribution is -0.113. The predicted octanol–water partition coefficient (Wildman–Crippen LogP) is 3.13. The van der Waals surface area contributed by atoms with Crippen LogP contribution in [0.25, 0.3) is 0 Å². The molecule has 20 heavy (non-hydrogen) atoms. The number of aromatic nitrogens is 1. The Bertz CT molecular complexity index is 567. The third-order valence-electron chi connectivity index (χ3n) is 2.62. The molecule has 0 aliphatic heterocycles. The summed E-state index contributed by atoms with van der Waals surface area (Å²) in [6, 6.07) is 11.6. The summed E-state index contributed by atoms with van der Waals surface area (Å²) in [5, 5.41) is 2.80. The molecule has 0 saturated heterocycles. The van der Waals surface area contributed by atoms with Crippen molar-refractivity contribution in [1.82, 2.24) is 4.98 Å². The maximum Gasteiger partial charge on any atom is 0.234 e. The second-order valence-corrected chi connectivity index (χ2v) is 5.29. The lowest BCUT2D eigenvalue weighted by Gasteiger charge is -2.06. The Morgan fingerprint density at radius 2 is 2.00 bits per heavy atom. The Kier molecular flexibility index (Phi) is 5.01. The van der Waals surface area contributed by atoms with E-state index in [1.807, 2.05) is 31.2 Å². The highest BCUT2D eigenvalue weighted by Gasteiger charge is 2.04. The Morgan fingerprint density at radius 3 is 2.60 bits per heavy atom. The van der Waals surface area contributed by atoms with Gasteiger partial charge in [-0.05, 0) is 25.1 Å². The number of carbonyl (C=O) groups excluding carboxylic acids is 1. The zero-order chi connectivity index (χ0) is 14.4. The smallest absolute Gasteiger partial charge is 0.234 e. The number of hydrogen-bond acceptors (Lipinski definition) is 4. The van der Waals surface area contributed by atoms with E-state index in [0.29, 0.717) is 17.3 Å². The van der Waals surface area contributed by atoms with Crippen LogP contribution in [0.4, 0.5) is 5.69 Å². The summed E-state index contributed by atoms with van der Waals surface area (Å²) in [5.74, 6) is 0.842. The van der Waals surface area contributed by atoms with Crippen LogP contribution in [0.1, 0.15) is 5.56 Å². The average molecular weight is 288 g/mol. The van der Waals surface area contributed by atoms with Crippen molar-refractivity contribution in [2.24, 2.45) is 0 Å². The van der Waals surface area contributed by atoms with E-state index in [-0.39, 0.29) is 5.91 Å². The summed E-state index contributed by atoms with van der Waals surface area (Å²) in [4.78, 5) is 16.9. The summed E-state index contributed by atoms with van der Waals surface area (Å²) in [5.41, 5.74) is 1.88. The number of nitrogens with one attached hydrogen (secondary N) is 1. The summed E-state index contributed by atoms with van der Waals surface area (Å²) >= 11 is 1.51. The molecular formula is C15H16N2O2S. The molecule has 0 spiro atoms. The van der Waals surface area contributed by atoms with Gasteiger partial charge in [-0.15, -0.1) is 11.8 Å². The van der Waals surface area contributed by atoms with E-state index in [2.05, 4.69) is 10.3 Å². The maximum absolute atomic E-state index is 11.8. The molecule has 5 heteroatoms. The number of ether oxygens (including phenoxy) is 1. The highest BCUT2D eigenvalue weighted by atomic mass is 32.2. The van der Waals surface area contributed by atoms with Gasteiger partial charge in [0.1, 0.15) is 0 Å². The maximum atomic E-state index is 11.8. The molecule has 2 rings (SSSR count). The van der Waals surface area contributed by atoms with Gasteiger partial charge >= 0.3 is 0 Å². The lowest BCUT2D eigenvalue weighted by atomic mass is 10.2. The molecule has 0 unspecified atom stereocenters. The number of thioether (sulfide) groups is 1. The van der Waals surface area contributed by atoms with Gasteiger partial charge in [-0.3, -0.25) is 4.79 Å². The Morgan fingerprint density at radius 1 is 1.25 bits per heavy atom. The minimum Gasteiger partial charge on any atom is -0.481 e. The number of amides is 1. The Hall–Kier alpha value is -2.01. The van der Waals surface area contributed by atoms with Crippen molar-refractivity contribution in [3.05, 3.63) is 48.2 Å². The Balaban J connectivity index is 1.84. The fourth-order valence-corrected chi connectivity index (χ4v) is 2.25. The minimum atomic E-state index is -0.0532. The van der Waals surface area contributed by atoms with Crippen LogP contribution in [0.15, 0.2) is 47.5 Å². The number of nitrogens with zero attached hydrogens (tertiary/aromatic N) is 1. The van der Waals surface area contributed by atoms with Crippen molar-refractivity contribution in [3.8, 4) is 5.88 Å². The van der Waals surface area contributed by atoms with E-state index in [4.69, 9.17) is 4.74 Å². The van der Waals surface area contributed by atoms with Gasteiger partial charge in [0.15, 0.2) is 0 Å². The first-order chi connectivity index (χ1) is 9.67. The number of pyridine rings is 1. The molecule has 2 aromatic rings. The van der Waals surface area contributed by atoms with Crippen LogP contribution >= 0.6 is 11.8 Å². The molecule has 0 aliphatic carbocycles. The van der Waals surface area contributed by atoms with Gasteiger partial charge in [0.05, 0.1) is 24.7 Å². The molecule has 0 aliphatic rings. The number of benzene rings is 1. The molecule has 1 N–H and O–H groups in total. The van der Waals surface area contributed by atoms with Gasteiger partial charge in [-0.25, -0.2) is 4.98 Å². The van der Waals surface area contributed by atoms with Crippen LogP contribution in [0, 0.1) is 6.92 Å². The molecule has 0 fully saturated rings. The third-order valence-corrected chi connectivity index (χ3v) is 3.63. The van der Waals surface area contributed by atoms with Crippen molar-refractivity contribution in [2.75, 3.05) is 18.2 Å². The van der Waals surface area contributed by atoms with Gasteiger partial charge in [-0.1, -0.05) is 17.7 Å². The fraction of sp³-hybridized carbons (Fsp3) is 0.200. The monoisotopic (exact) mass is 288 g/mol. The van der Waals surface area contributed by atoms with Gasteiger partial charge in [0.2, 0.25) is 11.8 Å². The van der Waals surface area contributed by atoms with Crippen molar-refractivity contribution >= 4 is 23.4 Å². The van der Waals surface area contributed by atoms with Crippen LogP contribution in [0.5, 0.6) is 5.88 Å². The third kappa shape index (κ3) is 4.28. The normalized spacial score (nSPS) is 10.1. The van der Waals surface area contributed by atoms with Gasteiger partial charge < -0.3 is 10.1 Å². The van der Waals surface area contributed by atoms with Crippen molar-refractivity contribution < 1.29 is 9.53 Å². The molecule has 0 radical (unpaired) electrons. The van der Waals surface area contributed by atoms with E-state index in [0.717, 1.165) is 4.90 Å². The van der Waals surface area contributed by atoms with Gasteiger partial charge in [-0.2, -0.15) is 0 Å². The van der Waals surface area contributed by atoms with Crippen LogP contribution in [-0.4, -0.2) is 23.8 Å². The van der Waals surface area contributed by atoms with Gasteiger partial charge in [0, 0.05) is 11.0 Å². The van der Waals surface area contributed by atoms with Crippen molar-refractivity contribution in [3.63, 3.8) is 0 Å². The van der Waals surface area contributed by atoms with Crippen LogP contribution in [-0.2, 0) is 4.79 Å². The number of rotatable bonds is 5. The zero-order valence-corrected chi connectivity index (χ0v) is 12.2. The second-order valence-electron chi connectivity index (χ2n) is 4.24. The molecule has 1 amide bonds. The zero-order valence-electron chi connectivity index (χ0n) is 11.4. The first-order valence-electron chi connectivity index (χ1n) is 6.17. The standard InChI is InChI=1S/C15H16N2O2S/c1-11-3-6-13(7-4-11)20-10-14(18)17-12-5-8-15(19-2)16-9-12/h3-9H,10H2,1-2H3,(H,17,18). The quantitative estimate of drug-likeness (QED) is 0.859. The molecule has 4 nitrogen and oxygen atoms in total. The molecule has 0 atom stereocenters. The van der Waals surface area contributed by atoms with E-state index in [1.165, 1.54) is 17.3 Å². The SMILES string of the molecule is COc1ccc(NC(=O)CSc2ccc(C)cc2)cn1. The van der Waals surface area contributed by atoms with Crippen molar-refractivity contribution in [1.29, 1.82) is 0 Å². The molecule has 104 valence electrons. The number of methoxy groups -OCH3 is 1. The van der Waals surface area contributed by atoms with E-state index in [9.17, 15) is 4.79 Å². The largest absolute Gasteiger partial charge is 0.481 e. The molecule has 1 aromatic carbocycles. The minimum absolute atomic E-state index is 0.0532. The first-order valence-corrected chi connectivity index (χ1v) is 7.15. The van der Waals surface area contributed by atoms with Crippen LogP contribution < -0.4 is 10.1 Å². The fourth-order valence-electron chi connectivity index (χ4n) is 1.56. The first kappa shape index (κ1) is 14.4. The highest BCUT2D eigenvalue weighted by molar-refractivity contribution is 8.00. The number of anilines is 1. The van der Waals surface area contributed by atoms with E-state index >= 15 is 0 Å².